The Kier molecular flexibility index (Phi) is 2.65. The second-order valence-electron chi connectivity index (χ2n) is 4.29. The van der Waals surface area contributed by atoms with Crippen LogP contribution in [0.5, 0.6) is 5.88 Å². The molecule has 15 heavy (non-hydrogen) atoms. The molecule has 0 saturated heterocycles. The van der Waals surface area contributed by atoms with Crippen LogP contribution in [0.3, 0.4) is 0 Å². The third-order valence-electron chi connectivity index (χ3n) is 3.19. The fourth-order valence-corrected chi connectivity index (χ4v) is 2.28. The highest BCUT2D eigenvalue weighted by molar-refractivity contribution is 5.32. The molecule has 0 atom stereocenters. The van der Waals surface area contributed by atoms with Crippen LogP contribution in [0.4, 0.5) is 0 Å². The van der Waals surface area contributed by atoms with E-state index in [-0.39, 0.29) is 0 Å². The molecule has 2 rings (SSSR count). The first kappa shape index (κ1) is 10.4. The lowest BCUT2D eigenvalue weighted by atomic mass is 9.93. The van der Waals surface area contributed by atoms with Gasteiger partial charge in [0.15, 0.2) is 0 Å². The fourth-order valence-electron chi connectivity index (χ4n) is 2.28. The molecule has 3 nitrogen and oxygen atoms in total. The second-order valence-corrected chi connectivity index (χ2v) is 4.29. The van der Waals surface area contributed by atoms with Gasteiger partial charge in [-0.1, -0.05) is 12.8 Å². The molecule has 0 aliphatic heterocycles. The average molecular weight is 207 g/mol. The zero-order valence-corrected chi connectivity index (χ0v) is 9.29. The van der Waals surface area contributed by atoms with Crippen molar-refractivity contribution in [2.75, 3.05) is 7.11 Å². The lowest BCUT2D eigenvalue weighted by Gasteiger charge is -2.22. The normalized spacial score (nSPS) is 19.1. The minimum atomic E-state index is -0.649. The Morgan fingerprint density at radius 3 is 2.60 bits per heavy atom. The van der Waals surface area contributed by atoms with Crippen molar-refractivity contribution in [1.29, 1.82) is 0 Å². The number of hydrogen-bond donors (Lipinski definition) is 1. The molecule has 1 N–H and O–H groups in total. The Hall–Kier alpha value is -1.09. The van der Waals surface area contributed by atoms with E-state index in [4.69, 9.17) is 4.74 Å². The van der Waals surface area contributed by atoms with Gasteiger partial charge in [0.1, 0.15) is 0 Å². The van der Waals surface area contributed by atoms with Crippen LogP contribution in [0.25, 0.3) is 0 Å². The number of nitrogens with zero attached hydrogens (tertiary/aromatic N) is 1. The smallest absolute Gasteiger partial charge is 0.215 e. The Balaban J connectivity index is 2.33. The van der Waals surface area contributed by atoms with E-state index in [2.05, 4.69) is 4.98 Å². The molecule has 0 aromatic carbocycles. The maximum absolute atomic E-state index is 10.4. The van der Waals surface area contributed by atoms with E-state index in [1.807, 2.05) is 13.0 Å². The lowest BCUT2D eigenvalue weighted by molar-refractivity contribution is 0.0440. The highest BCUT2D eigenvalue weighted by atomic mass is 16.5. The number of aryl methyl sites for hydroxylation is 1. The summed E-state index contributed by atoms with van der Waals surface area (Å²) in [6.45, 7) is 1.95. The molecular weight excluding hydrogens is 190 g/mol. The van der Waals surface area contributed by atoms with E-state index in [1.54, 1.807) is 13.3 Å². The number of hydrogen-bond acceptors (Lipinski definition) is 3. The van der Waals surface area contributed by atoms with Gasteiger partial charge in [0.25, 0.3) is 0 Å². The quantitative estimate of drug-likeness (QED) is 0.808. The van der Waals surface area contributed by atoms with E-state index in [0.717, 1.165) is 36.8 Å². The number of pyridine rings is 1. The van der Waals surface area contributed by atoms with Crippen molar-refractivity contribution in [3.8, 4) is 5.88 Å². The molecule has 0 amide bonds. The van der Waals surface area contributed by atoms with Crippen molar-refractivity contribution in [3.63, 3.8) is 0 Å². The minimum Gasteiger partial charge on any atom is -0.481 e. The van der Waals surface area contributed by atoms with Crippen LogP contribution in [-0.4, -0.2) is 17.2 Å². The molecule has 0 unspecified atom stereocenters. The monoisotopic (exact) mass is 207 g/mol. The van der Waals surface area contributed by atoms with Gasteiger partial charge in [-0.2, -0.15) is 0 Å². The molecule has 3 heteroatoms. The summed E-state index contributed by atoms with van der Waals surface area (Å²) in [7, 11) is 1.61. The van der Waals surface area contributed by atoms with E-state index in [0.29, 0.717) is 5.88 Å². The summed E-state index contributed by atoms with van der Waals surface area (Å²) < 4.78 is 5.10. The minimum absolute atomic E-state index is 0.639. The van der Waals surface area contributed by atoms with Crippen molar-refractivity contribution in [1.82, 2.24) is 4.98 Å². The van der Waals surface area contributed by atoms with Gasteiger partial charge < -0.3 is 9.84 Å². The molecule has 82 valence electrons. The van der Waals surface area contributed by atoms with Crippen LogP contribution in [0.1, 0.15) is 36.8 Å². The molecule has 1 aromatic rings. The Morgan fingerprint density at radius 1 is 1.40 bits per heavy atom. The Bertz CT molecular complexity index is 357. The van der Waals surface area contributed by atoms with E-state index < -0.39 is 5.60 Å². The van der Waals surface area contributed by atoms with E-state index in [9.17, 15) is 5.11 Å². The molecule has 1 aliphatic carbocycles. The molecule has 1 saturated carbocycles. The van der Waals surface area contributed by atoms with Crippen LogP contribution in [0.15, 0.2) is 12.3 Å². The van der Waals surface area contributed by atoms with Crippen LogP contribution in [0.2, 0.25) is 0 Å². The van der Waals surface area contributed by atoms with Crippen molar-refractivity contribution >= 4 is 0 Å². The molecular formula is C12H17NO2. The Morgan fingerprint density at radius 2 is 2.07 bits per heavy atom. The van der Waals surface area contributed by atoms with Crippen molar-refractivity contribution in [2.45, 2.75) is 38.2 Å². The third-order valence-corrected chi connectivity index (χ3v) is 3.19. The molecule has 0 radical (unpaired) electrons. The SMILES string of the molecule is COc1ncc(C2(O)CCCC2)cc1C. The summed E-state index contributed by atoms with van der Waals surface area (Å²) in [6.07, 6.45) is 5.63. The van der Waals surface area contributed by atoms with Gasteiger partial charge in [0.05, 0.1) is 12.7 Å². The van der Waals surface area contributed by atoms with Crippen molar-refractivity contribution in [3.05, 3.63) is 23.4 Å². The van der Waals surface area contributed by atoms with E-state index >= 15 is 0 Å². The maximum Gasteiger partial charge on any atom is 0.215 e. The zero-order chi connectivity index (χ0) is 10.9. The molecule has 1 heterocycles. The zero-order valence-electron chi connectivity index (χ0n) is 9.29. The number of methoxy groups -OCH3 is 1. The van der Waals surface area contributed by atoms with E-state index in [1.165, 1.54) is 0 Å². The molecule has 1 aliphatic rings. The van der Waals surface area contributed by atoms with Gasteiger partial charge >= 0.3 is 0 Å². The van der Waals surface area contributed by atoms with Crippen LogP contribution in [-0.2, 0) is 5.60 Å². The lowest BCUT2D eigenvalue weighted by Crippen LogP contribution is -2.21. The maximum atomic E-state index is 10.4. The number of aliphatic hydroxyl groups is 1. The summed E-state index contributed by atoms with van der Waals surface area (Å²) in [4.78, 5) is 4.20. The summed E-state index contributed by atoms with van der Waals surface area (Å²) in [5.74, 6) is 0.639. The fraction of sp³-hybridized carbons (Fsp3) is 0.583. The third kappa shape index (κ3) is 1.84. The largest absolute Gasteiger partial charge is 0.481 e. The number of aromatic nitrogens is 1. The van der Waals surface area contributed by atoms with Gasteiger partial charge in [-0.05, 0) is 25.8 Å². The van der Waals surface area contributed by atoms with Crippen LogP contribution >= 0.6 is 0 Å². The van der Waals surface area contributed by atoms with Gasteiger partial charge in [0.2, 0.25) is 5.88 Å². The predicted octanol–water partition coefficient (Wildman–Crippen LogP) is 2.16. The topological polar surface area (TPSA) is 42.4 Å². The predicted molar refractivity (Wildman–Crippen MR) is 57.9 cm³/mol. The van der Waals surface area contributed by atoms with Crippen LogP contribution in [0, 0.1) is 6.92 Å². The highest BCUT2D eigenvalue weighted by Crippen LogP contribution is 2.38. The summed E-state index contributed by atoms with van der Waals surface area (Å²) in [5.41, 5.74) is 1.26. The second kappa shape index (κ2) is 3.81. The standard InChI is InChI=1S/C12H17NO2/c1-9-7-10(8-13-11(9)15-2)12(14)5-3-4-6-12/h7-8,14H,3-6H2,1-2H3. The van der Waals surface area contributed by atoms with Crippen molar-refractivity contribution in [2.24, 2.45) is 0 Å². The molecule has 0 bridgehead atoms. The van der Waals surface area contributed by atoms with Gasteiger partial charge in [-0.15, -0.1) is 0 Å². The first-order valence-electron chi connectivity index (χ1n) is 5.39. The summed E-state index contributed by atoms with van der Waals surface area (Å²) >= 11 is 0. The average Bonchev–Trinajstić information content (AvgIpc) is 2.66. The van der Waals surface area contributed by atoms with Crippen molar-refractivity contribution < 1.29 is 9.84 Å². The Labute approximate surface area is 90.1 Å². The summed E-state index contributed by atoms with van der Waals surface area (Å²) in [6, 6.07) is 1.98. The first-order chi connectivity index (χ1) is 7.15. The molecule has 1 aromatic heterocycles. The summed E-state index contributed by atoms with van der Waals surface area (Å²) in [5, 5.41) is 10.4. The number of ether oxygens (including phenoxy) is 1. The first-order valence-corrected chi connectivity index (χ1v) is 5.39. The number of rotatable bonds is 2. The van der Waals surface area contributed by atoms with Gasteiger partial charge in [-0.3, -0.25) is 0 Å². The van der Waals surface area contributed by atoms with Crippen LogP contribution < -0.4 is 4.74 Å². The van der Waals surface area contributed by atoms with Gasteiger partial charge in [0, 0.05) is 17.3 Å². The molecule has 0 spiro atoms. The van der Waals surface area contributed by atoms with Gasteiger partial charge in [-0.25, -0.2) is 4.98 Å². The highest BCUT2D eigenvalue weighted by Gasteiger charge is 2.33. The molecule has 1 fully saturated rings.